The fourth-order valence-corrected chi connectivity index (χ4v) is 1.34. The summed E-state index contributed by atoms with van der Waals surface area (Å²) in [7, 11) is 0. The van der Waals surface area contributed by atoms with Crippen LogP contribution in [0.4, 0.5) is 0 Å². The third kappa shape index (κ3) is 3.74. The van der Waals surface area contributed by atoms with Gasteiger partial charge in [0.15, 0.2) is 0 Å². The first-order valence-corrected chi connectivity index (χ1v) is 4.89. The molecule has 1 rings (SSSR count). The van der Waals surface area contributed by atoms with E-state index < -0.39 is 0 Å². The Morgan fingerprint density at radius 1 is 1.69 bits per heavy atom. The number of nitrogens with zero attached hydrogens (tertiary/aromatic N) is 1. The first kappa shape index (κ1) is 10.5. The van der Waals surface area contributed by atoms with E-state index in [1.807, 2.05) is 6.92 Å². The largest absolute Gasteiger partial charge is 0.328 e. The zero-order valence-corrected chi connectivity index (χ0v) is 8.16. The summed E-state index contributed by atoms with van der Waals surface area (Å²) in [6, 6.07) is 0.187. The normalized spacial score (nSPS) is 19.1. The Hall–Kier alpha value is -0.610. The predicted molar refractivity (Wildman–Crippen MR) is 49.8 cm³/mol. The minimum Gasteiger partial charge on any atom is -0.328 e. The lowest BCUT2D eigenvalue weighted by Crippen LogP contribution is -2.26. The van der Waals surface area contributed by atoms with Gasteiger partial charge in [0, 0.05) is 12.5 Å². The van der Waals surface area contributed by atoms with Crippen molar-refractivity contribution in [1.82, 2.24) is 5.06 Å². The zero-order valence-electron chi connectivity index (χ0n) is 8.16. The smallest absolute Gasteiger partial charge is 0.246 e. The fraction of sp³-hybridized carbons (Fsp3) is 0.889. The molecule has 0 radical (unpaired) electrons. The molecule has 0 aromatic heterocycles. The standard InChI is InChI=1S/C9H18N2O2/c1-8(10)4-2-5-9(12)11-6-3-7-13-11/h8H,2-7,10H2,1H3. The molecule has 4 heteroatoms. The van der Waals surface area contributed by atoms with Gasteiger partial charge >= 0.3 is 0 Å². The molecule has 1 aliphatic heterocycles. The lowest BCUT2D eigenvalue weighted by Gasteiger charge is -2.13. The lowest BCUT2D eigenvalue weighted by molar-refractivity contribution is -0.168. The zero-order chi connectivity index (χ0) is 9.68. The molecule has 0 aromatic rings. The van der Waals surface area contributed by atoms with E-state index >= 15 is 0 Å². The Kier molecular flexibility index (Phi) is 4.18. The van der Waals surface area contributed by atoms with Crippen LogP contribution in [0.3, 0.4) is 0 Å². The average Bonchev–Trinajstić information content (AvgIpc) is 2.55. The highest BCUT2D eigenvalue weighted by Crippen LogP contribution is 2.08. The minimum atomic E-state index is 0.0955. The maximum Gasteiger partial charge on any atom is 0.246 e. The Labute approximate surface area is 79.0 Å². The van der Waals surface area contributed by atoms with Crippen LogP contribution in [0.15, 0.2) is 0 Å². The number of hydroxylamine groups is 2. The van der Waals surface area contributed by atoms with Gasteiger partial charge < -0.3 is 5.73 Å². The molecule has 0 aliphatic carbocycles. The maximum atomic E-state index is 11.4. The molecular weight excluding hydrogens is 168 g/mol. The molecule has 1 unspecified atom stereocenters. The number of rotatable bonds is 4. The van der Waals surface area contributed by atoms with Crippen LogP contribution >= 0.6 is 0 Å². The Balaban J connectivity index is 2.10. The molecule has 1 amide bonds. The number of amides is 1. The monoisotopic (exact) mass is 186 g/mol. The highest BCUT2D eigenvalue weighted by Gasteiger charge is 2.18. The molecule has 1 heterocycles. The third-order valence-corrected chi connectivity index (χ3v) is 2.08. The van der Waals surface area contributed by atoms with Crippen LogP contribution in [0.2, 0.25) is 0 Å². The topological polar surface area (TPSA) is 55.6 Å². The van der Waals surface area contributed by atoms with E-state index in [2.05, 4.69) is 0 Å². The summed E-state index contributed by atoms with van der Waals surface area (Å²) < 4.78 is 0. The van der Waals surface area contributed by atoms with Crippen LogP contribution < -0.4 is 5.73 Å². The quantitative estimate of drug-likeness (QED) is 0.702. The van der Waals surface area contributed by atoms with Gasteiger partial charge in [0.1, 0.15) is 0 Å². The van der Waals surface area contributed by atoms with E-state index in [1.54, 1.807) is 0 Å². The van der Waals surface area contributed by atoms with E-state index in [9.17, 15) is 4.79 Å². The molecule has 1 fully saturated rings. The molecule has 0 aromatic carbocycles. The molecule has 0 saturated carbocycles. The van der Waals surface area contributed by atoms with Crippen molar-refractivity contribution in [2.45, 2.75) is 38.6 Å². The molecule has 0 spiro atoms. The second kappa shape index (κ2) is 5.19. The summed E-state index contributed by atoms with van der Waals surface area (Å²) in [4.78, 5) is 16.5. The Morgan fingerprint density at radius 2 is 2.46 bits per heavy atom. The first-order valence-electron chi connectivity index (χ1n) is 4.89. The van der Waals surface area contributed by atoms with Crippen molar-refractivity contribution in [2.24, 2.45) is 5.73 Å². The van der Waals surface area contributed by atoms with Crippen LogP contribution in [0.1, 0.15) is 32.6 Å². The average molecular weight is 186 g/mol. The van der Waals surface area contributed by atoms with Gasteiger partial charge in [-0.25, -0.2) is 5.06 Å². The van der Waals surface area contributed by atoms with E-state index in [0.29, 0.717) is 13.0 Å². The highest BCUT2D eigenvalue weighted by atomic mass is 16.7. The van der Waals surface area contributed by atoms with Crippen molar-refractivity contribution in [3.8, 4) is 0 Å². The maximum absolute atomic E-state index is 11.4. The molecule has 1 aliphatic rings. The van der Waals surface area contributed by atoms with Gasteiger partial charge in [-0.05, 0) is 26.2 Å². The molecule has 76 valence electrons. The molecular formula is C9H18N2O2. The number of nitrogens with two attached hydrogens (primary N) is 1. The summed E-state index contributed by atoms with van der Waals surface area (Å²) in [5.74, 6) is 0.0955. The van der Waals surface area contributed by atoms with Gasteiger partial charge in [-0.15, -0.1) is 0 Å². The molecule has 4 nitrogen and oxygen atoms in total. The van der Waals surface area contributed by atoms with Crippen LogP contribution in [-0.2, 0) is 9.63 Å². The number of hydrogen-bond acceptors (Lipinski definition) is 3. The van der Waals surface area contributed by atoms with Crippen molar-refractivity contribution in [1.29, 1.82) is 0 Å². The SMILES string of the molecule is CC(N)CCCC(=O)N1CCCO1. The molecule has 1 saturated heterocycles. The lowest BCUT2D eigenvalue weighted by atomic mass is 10.1. The fourth-order valence-electron chi connectivity index (χ4n) is 1.34. The van der Waals surface area contributed by atoms with Gasteiger partial charge in [-0.2, -0.15) is 0 Å². The molecule has 2 N–H and O–H groups in total. The number of carbonyl (C=O) groups excluding carboxylic acids is 1. The van der Waals surface area contributed by atoms with Crippen LogP contribution in [-0.4, -0.2) is 30.2 Å². The first-order chi connectivity index (χ1) is 6.20. The third-order valence-electron chi connectivity index (χ3n) is 2.08. The summed E-state index contributed by atoms with van der Waals surface area (Å²) >= 11 is 0. The molecule has 0 bridgehead atoms. The summed E-state index contributed by atoms with van der Waals surface area (Å²) in [5, 5.41) is 1.47. The van der Waals surface area contributed by atoms with E-state index in [4.69, 9.17) is 10.6 Å². The Bertz CT molecular complexity index is 165. The van der Waals surface area contributed by atoms with Crippen molar-refractivity contribution < 1.29 is 9.63 Å². The van der Waals surface area contributed by atoms with Crippen molar-refractivity contribution in [3.63, 3.8) is 0 Å². The van der Waals surface area contributed by atoms with Crippen molar-refractivity contribution in [3.05, 3.63) is 0 Å². The van der Waals surface area contributed by atoms with Crippen LogP contribution in [0, 0.1) is 0 Å². The van der Waals surface area contributed by atoms with Gasteiger partial charge in [0.2, 0.25) is 5.91 Å². The van der Waals surface area contributed by atoms with E-state index in [1.165, 1.54) is 5.06 Å². The summed E-state index contributed by atoms with van der Waals surface area (Å²) in [6.07, 6.45) is 3.27. The second-order valence-corrected chi connectivity index (χ2v) is 3.55. The van der Waals surface area contributed by atoms with Crippen molar-refractivity contribution >= 4 is 5.91 Å². The second-order valence-electron chi connectivity index (χ2n) is 3.55. The van der Waals surface area contributed by atoms with E-state index in [0.717, 1.165) is 25.8 Å². The van der Waals surface area contributed by atoms with Gasteiger partial charge in [-0.3, -0.25) is 9.63 Å². The summed E-state index contributed by atoms with van der Waals surface area (Å²) in [6.45, 7) is 3.38. The van der Waals surface area contributed by atoms with Gasteiger partial charge in [0.05, 0.1) is 13.2 Å². The van der Waals surface area contributed by atoms with Crippen LogP contribution in [0.25, 0.3) is 0 Å². The molecule has 13 heavy (non-hydrogen) atoms. The van der Waals surface area contributed by atoms with Gasteiger partial charge in [-0.1, -0.05) is 0 Å². The highest BCUT2D eigenvalue weighted by molar-refractivity contribution is 5.75. The van der Waals surface area contributed by atoms with Gasteiger partial charge in [0.25, 0.3) is 0 Å². The minimum absolute atomic E-state index is 0.0955. The van der Waals surface area contributed by atoms with E-state index in [-0.39, 0.29) is 11.9 Å². The predicted octanol–water partition coefficient (Wildman–Crippen LogP) is 0.668. The van der Waals surface area contributed by atoms with Crippen LogP contribution in [0.5, 0.6) is 0 Å². The number of carbonyl (C=O) groups is 1. The Morgan fingerprint density at radius 3 is 3.00 bits per heavy atom. The summed E-state index contributed by atoms with van der Waals surface area (Å²) in [5.41, 5.74) is 5.58. The number of hydrogen-bond donors (Lipinski definition) is 1. The van der Waals surface area contributed by atoms with Crippen molar-refractivity contribution in [2.75, 3.05) is 13.2 Å². The molecule has 1 atom stereocenters.